The maximum absolute atomic E-state index is 13.8. The number of nitrogens with zero attached hydrogens (tertiary/aromatic N) is 2. The molecule has 2 aromatic rings. The summed E-state index contributed by atoms with van der Waals surface area (Å²) in [5.41, 5.74) is 3.38. The highest BCUT2D eigenvalue weighted by Gasteiger charge is 2.65. The van der Waals surface area contributed by atoms with Crippen LogP contribution in [-0.4, -0.2) is 90.7 Å². The molecule has 64 heavy (non-hydrogen) atoms. The molecule has 0 bridgehead atoms. The smallest absolute Gasteiger partial charge is 0.412 e. The third-order valence-corrected chi connectivity index (χ3v) is 13.1. The van der Waals surface area contributed by atoms with Gasteiger partial charge in [-0.3, -0.25) is 0 Å². The van der Waals surface area contributed by atoms with Crippen molar-refractivity contribution >= 4 is 29.5 Å². The average Bonchev–Trinajstić information content (AvgIpc) is 3.30. The number of halogens is 1. The summed E-state index contributed by atoms with van der Waals surface area (Å²) < 4.78 is 25.7. The zero-order valence-electron chi connectivity index (χ0n) is 38.4. The van der Waals surface area contributed by atoms with E-state index in [0.29, 0.717) is 36.6 Å². The molecule has 0 unspecified atom stereocenters. The zero-order valence-corrected chi connectivity index (χ0v) is 39.1. The summed E-state index contributed by atoms with van der Waals surface area (Å²) >= 11 is 5.97. The minimum atomic E-state index is -1.44. The van der Waals surface area contributed by atoms with Gasteiger partial charge in [-0.15, -0.1) is 18.2 Å². The minimum absolute atomic E-state index is 0.00695. The Labute approximate surface area is 386 Å². The lowest BCUT2D eigenvalue weighted by molar-refractivity contribution is -0.253. The van der Waals surface area contributed by atoms with Gasteiger partial charge in [0.1, 0.15) is 30.8 Å². The van der Waals surface area contributed by atoms with Crippen LogP contribution in [0, 0.1) is 17.8 Å². The van der Waals surface area contributed by atoms with Gasteiger partial charge in [-0.2, -0.15) is 0 Å². The number of rotatable bonds is 29. The molecule has 6 atom stereocenters. The number of nitrogens with one attached hydrogen (secondary N) is 1. The van der Waals surface area contributed by atoms with Crippen LogP contribution < -0.4 is 14.8 Å². The molecule has 1 saturated carbocycles. The van der Waals surface area contributed by atoms with Gasteiger partial charge in [0.05, 0.1) is 24.1 Å². The van der Waals surface area contributed by atoms with E-state index >= 15 is 0 Å². The molecule has 2 aliphatic carbocycles. The van der Waals surface area contributed by atoms with Crippen molar-refractivity contribution in [3.63, 3.8) is 0 Å². The number of aliphatic hydroxyl groups excluding tert-OH is 2. The van der Waals surface area contributed by atoms with E-state index in [4.69, 9.17) is 40.5 Å². The average molecular weight is 909 g/mol. The number of likely N-dealkylation sites (N-methyl/N-ethyl adjacent to an activating group) is 1. The van der Waals surface area contributed by atoms with Crippen molar-refractivity contribution in [3.05, 3.63) is 84.0 Å². The second-order valence-electron chi connectivity index (χ2n) is 17.4. The zero-order chi connectivity index (χ0) is 45.6. The second kappa shape index (κ2) is 27.4. The van der Waals surface area contributed by atoms with Crippen LogP contribution >= 0.6 is 11.6 Å². The first-order valence-electron chi connectivity index (χ1n) is 24.0. The third kappa shape index (κ3) is 14.0. The fourth-order valence-corrected chi connectivity index (χ4v) is 9.93. The number of carbonyl (C=O) groups excluding carboxylic acids is 2. The minimum Gasteiger partial charge on any atom is -0.459 e. The highest BCUT2D eigenvalue weighted by Crippen LogP contribution is 2.61. The Morgan fingerprint density at radius 2 is 1.66 bits per heavy atom. The van der Waals surface area contributed by atoms with E-state index in [9.17, 15) is 19.8 Å². The van der Waals surface area contributed by atoms with E-state index in [2.05, 4.69) is 24.9 Å². The Kier molecular flexibility index (Phi) is 21.8. The Bertz CT molecular complexity index is 1790. The van der Waals surface area contributed by atoms with Crippen LogP contribution in [0.3, 0.4) is 0 Å². The van der Waals surface area contributed by atoms with Crippen LogP contribution in [0.25, 0.3) is 0 Å². The molecular formula is C51H74ClN3O9. The summed E-state index contributed by atoms with van der Waals surface area (Å²) in [6.07, 6.45) is 19.6. The Morgan fingerprint density at radius 1 is 0.953 bits per heavy atom. The van der Waals surface area contributed by atoms with Crippen LogP contribution in [0.15, 0.2) is 78.0 Å². The van der Waals surface area contributed by atoms with E-state index in [1.807, 2.05) is 42.5 Å². The molecule has 354 valence electrons. The molecule has 0 aromatic heterocycles. The summed E-state index contributed by atoms with van der Waals surface area (Å²) in [4.78, 5) is 34.7. The number of carbonyl (C=O) groups is 2. The molecule has 13 heteroatoms. The first-order chi connectivity index (χ1) is 31.3. The number of ether oxygens (including phenoxy) is 4. The number of amides is 2. The number of fused-ring (bicyclic) bond motifs is 2. The Balaban J connectivity index is 1.51. The summed E-state index contributed by atoms with van der Waals surface area (Å²) in [7, 11) is 1.68. The molecule has 2 aromatic carbocycles. The predicted molar refractivity (Wildman–Crippen MR) is 252 cm³/mol. The van der Waals surface area contributed by atoms with Gasteiger partial charge in [0.2, 0.25) is 5.79 Å². The number of hydrogen-bond donors (Lipinski definition) is 3. The van der Waals surface area contributed by atoms with Crippen LogP contribution in [0.5, 0.6) is 11.5 Å². The van der Waals surface area contributed by atoms with Gasteiger partial charge in [-0.1, -0.05) is 125 Å². The SMILES string of the molecule is C=CCO[C@@]12Oc3ccc(OC(=O)NCCCCCCCCCCCC)cc3[C@H]3[C@H](CCCCO)[C@@H](CCCCO)C=C(C(=NOCc4ccccc4)C[C@@H]1N(C)C(=O)OCCCl)[C@H]32. The van der Waals surface area contributed by atoms with Gasteiger partial charge in [0.15, 0.2) is 0 Å². The molecule has 1 fully saturated rings. The first kappa shape index (κ1) is 50.9. The Hall–Kier alpha value is -4.10. The molecular weight excluding hydrogens is 834 g/mol. The van der Waals surface area contributed by atoms with E-state index < -0.39 is 29.9 Å². The monoisotopic (exact) mass is 908 g/mol. The summed E-state index contributed by atoms with van der Waals surface area (Å²) in [5.74, 6) is -1.11. The number of benzene rings is 2. The van der Waals surface area contributed by atoms with Gasteiger partial charge < -0.3 is 44.2 Å². The molecule has 1 heterocycles. The van der Waals surface area contributed by atoms with Crippen molar-refractivity contribution < 1.29 is 43.6 Å². The van der Waals surface area contributed by atoms with Gasteiger partial charge in [0.25, 0.3) is 0 Å². The lowest BCUT2D eigenvalue weighted by atomic mass is 9.55. The van der Waals surface area contributed by atoms with Crippen molar-refractivity contribution in [2.45, 2.75) is 140 Å². The van der Waals surface area contributed by atoms with Crippen LogP contribution in [0.4, 0.5) is 9.59 Å². The number of alkyl halides is 1. The van der Waals surface area contributed by atoms with E-state index in [1.54, 1.807) is 19.2 Å². The topological polar surface area (TPSA) is 148 Å². The number of oxime groups is 1. The first-order valence-corrected chi connectivity index (χ1v) is 24.5. The molecule has 3 aliphatic rings. The quantitative estimate of drug-likeness (QED) is 0.0314. The molecule has 0 spiro atoms. The summed E-state index contributed by atoms with van der Waals surface area (Å²) in [5, 5.41) is 27.6. The number of unbranched alkanes of at least 4 members (excludes halogenated alkanes) is 11. The molecule has 0 radical (unpaired) electrons. The normalized spacial score (nSPS) is 22.7. The highest BCUT2D eigenvalue weighted by atomic mass is 35.5. The predicted octanol–water partition coefficient (Wildman–Crippen LogP) is 10.8. The van der Waals surface area contributed by atoms with Gasteiger partial charge in [-0.05, 0) is 73.3 Å². The fraction of sp³-hybridized carbons (Fsp3) is 0.627. The van der Waals surface area contributed by atoms with Crippen LogP contribution in [0.2, 0.25) is 0 Å². The van der Waals surface area contributed by atoms with E-state index in [1.165, 1.54) is 49.8 Å². The molecule has 2 amide bonds. The van der Waals surface area contributed by atoms with E-state index in [-0.39, 0.29) is 63.1 Å². The number of allylic oxidation sites excluding steroid dienone is 1. The maximum atomic E-state index is 13.8. The molecule has 12 nitrogen and oxygen atoms in total. The molecule has 1 aliphatic heterocycles. The van der Waals surface area contributed by atoms with Crippen molar-refractivity contribution in [1.82, 2.24) is 10.2 Å². The lowest BCUT2D eigenvalue weighted by Crippen LogP contribution is -2.69. The van der Waals surface area contributed by atoms with Crippen LogP contribution in [-0.2, 0) is 20.9 Å². The Morgan fingerprint density at radius 3 is 2.34 bits per heavy atom. The number of aliphatic hydroxyl groups is 2. The summed E-state index contributed by atoms with van der Waals surface area (Å²) in [6, 6.07) is 14.5. The van der Waals surface area contributed by atoms with Crippen molar-refractivity contribution in [2.24, 2.45) is 22.9 Å². The largest absolute Gasteiger partial charge is 0.459 e. The standard InChI is InChI=1S/C51H74ClN3O9/c1-4-6-7-8-9-10-11-12-13-19-29-53-49(58)63-40-26-27-45-43(35-40)47-41(25-18-21-31-57)39(24-17-20-30-56)34-42-44(54-62-37-38-22-15-14-16-23-38)36-46(55(3)50(59)60-33-28-52)51(64-45,48(42)47)61-32-5-2/h5,14-16,22-23,26-27,34-35,39,41,46-48,56-57H,2,4,6-13,17-21,24-25,28-33,36-37H2,1,3H3,(H,53,58)/t39-,41+,46-,47+,48+,51+/m0/s1. The van der Waals surface area contributed by atoms with E-state index in [0.717, 1.165) is 61.6 Å². The number of hydrogen-bond acceptors (Lipinski definition) is 10. The summed E-state index contributed by atoms with van der Waals surface area (Å²) in [6.45, 7) is 7.31. The van der Waals surface area contributed by atoms with Crippen molar-refractivity contribution in [2.75, 3.05) is 45.9 Å². The molecule has 3 N–H and O–H groups in total. The third-order valence-electron chi connectivity index (χ3n) is 13.0. The lowest BCUT2D eigenvalue weighted by Gasteiger charge is -2.59. The highest BCUT2D eigenvalue weighted by molar-refractivity contribution is 6.18. The molecule has 0 saturated heterocycles. The van der Waals surface area contributed by atoms with Crippen LogP contribution in [0.1, 0.15) is 133 Å². The second-order valence-corrected chi connectivity index (χ2v) is 17.8. The van der Waals surface area contributed by atoms with Gasteiger partial charge >= 0.3 is 12.2 Å². The van der Waals surface area contributed by atoms with Crippen molar-refractivity contribution in [1.29, 1.82) is 0 Å². The van der Waals surface area contributed by atoms with Crippen molar-refractivity contribution in [3.8, 4) is 11.5 Å². The van der Waals surface area contributed by atoms with Gasteiger partial charge in [0, 0.05) is 44.7 Å². The van der Waals surface area contributed by atoms with Gasteiger partial charge in [-0.25, -0.2) is 9.59 Å². The maximum Gasteiger partial charge on any atom is 0.412 e. The fourth-order valence-electron chi connectivity index (χ4n) is 9.85. The molecule has 5 rings (SSSR count).